The van der Waals surface area contributed by atoms with Crippen molar-refractivity contribution in [2.24, 2.45) is 0 Å². The van der Waals surface area contributed by atoms with Crippen LogP contribution in [0.25, 0.3) is 33.0 Å². The van der Waals surface area contributed by atoms with Crippen molar-refractivity contribution in [3.63, 3.8) is 0 Å². The van der Waals surface area contributed by atoms with E-state index < -0.39 is 0 Å². The van der Waals surface area contributed by atoms with E-state index in [0.29, 0.717) is 5.65 Å². The van der Waals surface area contributed by atoms with Gasteiger partial charge in [-0.2, -0.15) is 0 Å². The van der Waals surface area contributed by atoms with E-state index in [2.05, 4.69) is 53.3 Å². The average molecular weight is 339 g/mol. The number of imidazole rings is 1. The third kappa shape index (κ3) is 1.96. The molecule has 0 fully saturated rings. The Kier molecular flexibility index (Phi) is 3.19. The maximum atomic E-state index is 12.5. The second-order valence-electron chi connectivity index (χ2n) is 6.42. The van der Waals surface area contributed by atoms with E-state index in [-0.39, 0.29) is 5.56 Å². The second kappa shape index (κ2) is 5.56. The van der Waals surface area contributed by atoms with E-state index in [1.807, 2.05) is 28.8 Å². The molecule has 0 atom stereocenters. The Labute approximate surface area is 149 Å². The molecule has 0 amide bonds. The SMILES string of the molecule is CC/C(c1ccccc1)=c1\c2ccccc2c2[nH]c(=O)c3nccn3c12. The second-order valence-corrected chi connectivity index (χ2v) is 6.42. The Morgan fingerprint density at radius 1 is 1.04 bits per heavy atom. The van der Waals surface area contributed by atoms with Crippen molar-refractivity contribution in [3.8, 4) is 0 Å². The van der Waals surface area contributed by atoms with Crippen LogP contribution in [-0.2, 0) is 0 Å². The quantitative estimate of drug-likeness (QED) is 0.534. The molecule has 126 valence electrons. The number of aromatic amines is 1. The minimum Gasteiger partial charge on any atom is -0.317 e. The standard InChI is InChI=1S/C22H17N3O/c1-2-15(14-8-4-3-5-9-14)18-16-10-6-7-11-17(16)19-20(18)25-13-12-23-21(25)22(26)24-19/h3-13H,2H2,1H3,(H,24,26)/b18-15-. The zero-order valence-corrected chi connectivity index (χ0v) is 14.4. The van der Waals surface area contributed by atoms with Crippen molar-refractivity contribution >= 4 is 33.0 Å². The largest absolute Gasteiger partial charge is 0.317 e. The number of benzene rings is 2. The van der Waals surface area contributed by atoms with Crippen molar-refractivity contribution in [1.29, 1.82) is 0 Å². The molecule has 26 heavy (non-hydrogen) atoms. The summed E-state index contributed by atoms with van der Waals surface area (Å²) in [5.74, 6) is 0. The first-order valence-electron chi connectivity index (χ1n) is 8.77. The van der Waals surface area contributed by atoms with Crippen LogP contribution in [-0.4, -0.2) is 14.4 Å². The lowest BCUT2D eigenvalue weighted by atomic mass is 10.00. The molecule has 0 aliphatic rings. The molecule has 3 aromatic carbocycles. The highest BCUT2D eigenvalue weighted by Gasteiger charge is 2.16. The van der Waals surface area contributed by atoms with E-state index in [9.17, 15) is 4.79 Å². The zero-order valence-electron chi connectivity index (χ0n) is 14.4. The highest BCUT2D eigenvalue weighted by atomic mass is 16.1. The summed E-state index contributed by atoms with van der Waals surface area (Å²) in [4.78, 5) is 19.8. The Morgan fingerprint density at radius 2 is 1.77 bits per heavy atom. The van der Waals surface area contributed by atoms with Gasteiger partial charge in [0.25, 0.3) is 5.56 Å². The van der Waals surface area contributed by atoms with Gasteiger partial charge in [-0.25, -0.2) is 4.98 Å². The fraction of sp³-hybridized carbons (Fsp3) is 0.0909. The molecule has 5 rings (SSSR count). The van der Waals surface area contributed by atoms with E-state index in [1.54, 1.807) is 6.20 Å². The van der Waals surface area contributed by atoms with Crippen LogP contribution >= 0.6 is 0 Å². The lowest BCUT2D eigenvalue weighted by Crippen LogP contribution is -2.15. The lowest BCUT2D eigenvalue weighted by molar-refractivity contribution is 1.16. The molecular weight excluding hydrogens is 322 g/mol. The molecule has 0 bridgehead atoms. The summed E-state index contributed by atoms with van der Waals surface area (Å²) >= 11 is 0. The molecule has 0 spiro atoms. The number of hydrogen-bond donors (Lipinski definition) is 1. The molecule has 0 saturated carbocycles. The normalized spacial score (nSPS) is 13.0. The maximum Gasteiger partial charge on any atom is 0.292 e. The summed E-state index contributed by atoms with van der Waals surface area (Å²) in [6, 6.07) is 18.7. The monoisotopic (exact) mass is 339 g/mol. The molecule has 0 aliphatic heterocycles. The van der Waals surface area contributed by atoms with Crippen molar-refractivity contribution < 1.29 is 0 Å². The van der Waals surface area contributed by atoms with Crippen molar-refractivity contribution in [3.05, 3.63) is 88.1 Å². The number of nitrogens with zero attached hydrogens (tertiary/aromatic N) is 2. The van der Waals surface area contributed by atoms with Crippen LogP contribution in [0, 0.1) is 0 Å². The minimum atomic E-state index is -0.164. The molecular formula is C22H17N3O. The van der Waals surface area contributed by atoms with Crippen LogP contribution in [0.15, 0.2) is 71.8 Å². The van der Waals surface area contributed by atoms with Gasteiger partial charge in [0.05, 0.1) is 11.0 Å². The highest BCUT2D eigenvalue weighted by molar-refractivity contribution is 6.10. The third-order valence-electron chi connectivity index (χ3n) is 5.04. The average Bonchev–Trinajstić information content (AvgIpc) is 3.28. The Morgan fingerprint density at radius 3 is 2.54 bits per heavy atom. The van der Waals surface area contributed by atoms with Crippen LogP contribution in [0.1, 0.15) is 18.9 Å². The van der Waals surface area contributed by atoms with Gasteiger partial charge in [-0.15, -0.1) is 0 Å². The summed E-state index contributed by atoms with van der Waals surface area (Å²) < 4.78 is 1.92. The number of fused-ring (bicyclic) bond motifs is 5. The molecule has 4 nitrogen and oxygen atoms in total. The van der Waals surface area contributed by atoms with Crippen molar-refractivity contribution in [2.75, 3.05) is 0 Å². The van der Waals surface area contributed by atoms with Crippen LogP contribution in [0.5, 0.6) is 0 Å². The summed E-state index contributed by atoms with van der Waals surface area (Å²) in [6.07, 6.45) is 4.44. The molecule has 4 heteroatoms. The Bertz CT molecular complexity index is 1380. The van der Waals surface area contributed by atoms with E-state index in [0.717, 1.165) is 28.2 Å². The molecule has 0 aliphatic carbocycles. The smallest absolute Gasteiger partial charge is 0.292 e. The number of nitrogens with one attached hydrogen (secondary N) is 1. The first-order valence-corrected chi connectivity index (χ1v) is 8.77. The molecule has 0 saturated heterocycles. The summed E-state index contributed by atoms with van der Waals surface area (Å²) in [7, 11) is 0. The van der Waals surface area contributed by atoms with Crippen molar-refractivity contribution in [1.82, 2.24) is 14.4 Å². The first kappa shape index (κ1) is 14.9. The van der Waals surface area contributed by atoms with Gasteiger partial charge < -0.3 is 4.98 Å². The molecule has 2 heterocycles. The minimum absolute atomic E-state index is 0.164. The maximum absolute atomic E-state index is 12.5. The van der Waals surface area contributed by atoms with E-state index in [4.69, 9.17) is 0 Å². The summed E-state index contributed by atoms with van der Waals surface area (Å²) in [5, 5.41) is 3.38. The Balaban J connectivity index is 2.16. The third-order valence-corrected chi connectivity index (χ3v) is 5.04. The summed E-state index contributed by atoms with van der Waals surface area (Å²) in [6.45, 7) is 2.17. The Hall–Kier alpha value is -3.40. The number of H-pyrrole nitrogens is 1. The van der Waals surface area contributed by atoms with Gasteiger partial charge in [-0.05, 0) is 22.9 Å². The predicted octanol–water partition coefficient (Wildman–Crippen LogP) is 3.66. The predicted molar refractivity (Wildman–Crippen MR) is 105 cm³/mol. The van der Waals surface area contributed by atoms with Crippen LogP contribution < -0.4 is 10.8 Å². The van der Waals surface area contributed by atoms with Gasteiger partial charge in [0.2, 0.25) is 5.65 Å². The van der Waals surface area contributed by atoms with Crippen LogP contribution in [0.3, 0.4) is 0 Å². The fourth-order valence-electron chi connectivity index (χ4n) is 3.96. The topological polar surface area (TPSA) is 50.2 Å². The van der Waals surface area contributed by atoms with E-state index in [1.165, 1.54) is 16.4 Å². The molecule has 1 N–H and O–H groups in total. The highest BCUT2D eigenvalue weighted by Crippen LogP contribution is 2.25. The first-order chi connectivity index (χ1) is 12.8. The molecule has 5 aromatic rings. The van der Waals surface area contributed by atoms with Gasteiger partial charge in [-0.3, -0.25) is 9.20 Å². The fourth-order valence-corrected chi connectivity index (χ4v) is 3.96. The van der Waals surface area contributed by atoms with Crippen LogP contribution in [0.4, 0.5) is 0 Å². The van der Waals surface area contributed by atoms with Crippen LogP contribution in [0.2, 0.25) is 0 Å². The van der Waals surface area contributed by atoms with Gasteiger partial charge in [0.1, 0.15) is 0 Å². The number of rotatable bonds is 2. The molecule has 0 radical (unpaired) electrons. The van der Waals surface area contributed by atoms with Gasteiger partial charge >= 0.3 is 0 Å². The zero-order chi connectivity index (χ0) is 17.7. The van der Waals surface area contributed by atoms with Gasteiger partial charge in [0.15, 0.2) is 0 Å². The van der Waals surface area contributed by atoms with Crippen molar-refractivity contribution in [2.45, 2.75) is 13.3 Å². The molecule has 2 aromatic heterocycles. The molecule has 0 unspecified atom stereocenters. The van der Waals surface area contributed by atoms with Gasteiger partial charge in [0, 0.05) is 23.0 Å². The summed E-state index contributed by atoms with van der Waals surface area (Å²) in [5.41, 5.74) is 4.61. The van der Waals surface area contributed by atoms with E-state index >= 15 is 0 Å². The number of hydrogen-bond acceptors (Lipinski definition) is 2. The lowest BCUT2D eigenvalue weighted by Gasteiger charge is -2.06. The van der Waals surface area contributed by atoms with Gasteiger partial charge in [-0.1, -0.05) is 61.5 Å². The number of aromatic nitrogens is 3.